The number of likely N-dealkylation sites (tertiary alicyclic amines) is 1. The van der Waals surface area contributed by atoms with E-state index in [1.54, 1.807) is 25.3 Å². The Hall–Kier alpha value is -2.08. The van der Waals surface area contributed by atoms with Crippen LogP contribution >= 0.6 is 11.6 Å². The first-order chi connectivity index (χ1) is 12.6. The van der Waals surface area contributed by atoms with E-state index in [0.29, 0.717) is 30.4 Å². The highest BCUT2D eigenvalue weighted by atomic mass is 35.5. The second-order valence-corrected chi connectivity index (χ2v) is 7.04. The van der Waals surface area contributed by atoms with Gasteiger partial charge in [-0.1, -0.05) is 41.9 Å². The summed E-state index contributed by atoms with van der Waals surface area (Å²) in [5.41, 5.74) is 8.38. The van der Waals surface area contributed by atoms with E-state index in [1.165, 1.54) is 5.56 Å². The number of carbonyl (C=O) groups excluding carboxylic acids is 1. The highest BCUT2D eigenvalue weighted by Crippen LogP contribution is 2.26. The van der Waals surface area contributed by atoms with Crippen LogP contribution in [0.15, 0.2) is 48.5 Å². The Morgan fingerprint density at radius 1 is 1.27 bits per heavy atom. The molecule has 1 aliphatic rings. The zero-order valence-electron chi connectivity index (χ0n) is 14.8. The molecular weight excluding hydrogens is 350 g/mol. The summed E-state index contributed by atoms with van der Waals surface area (Å²) in [4.78, 5) is 14.4. The summed E-state index contributed by atoms with van der Waals surface area (Å²) in [6.07, 6.45) is 0. The third-order valence-electron chi connectivity index (χ3n) is 4.75. The molecule has 3 rings (SSSR count). The van der Waals surface area contributed by atoms with Crippen LogP contribution in [0, 0.1) is 0 Å². The van der Waals surface area contributed by atoms with Crippen LogP contribution in [0.2, 0.25) is 5.02 Å². The first-order valence-corrected chi connectivity index (χ1v) is 9.06. The van der Waals surface area contributed by atoms with Gasteiger partial charge in [0.05, 0.1) is 13.7 Å². The average molecular weight is 374 g/mol. The van der Waals surface area contributed by atoms with E-state index in [1.807, 2.05) is 18.2 Å². The Balaban J connectivity index is 1.54. The first-order valence-electron chi connectivity index (χ1n) is 8.69. The molecule has 0 bridgehead atoms. The molecule has 2 aromatic carbocycles. The van der Waals surface area contributed by atoms with Crippen molar-refractivity contribution in [2.24, 2.45) is 5.73 Å². The monoisotopic (exact) mass is 373 g/mol. The lowest BCUT2D eigenvalue weighted by molar-refractivity contribution is -0.122. The normalized spacial score (nSPS) is 20.1. The van der Waals surface area contributed by atoms with Gasteiger partial charge in [-0.3, -0.25) is 9.69 Å². The van der Waals surface area contributed by atoms with Crippen molar-refractivity contribution in [2.45, 2.75) is 18.5 Å². The van der Waals surface area contributed by atoms with Crippen LogP contribution in [0.5, 0.6) is 5.75 Å². The van der Waals surface area contributed by atoms with Crippen molar-refractivity contribution in [3.63, 3.8) is 0 Å². The van der Waals surface area contributed by atoms with E-state index in [-0.39, 0.29) is 17.9 Å². The summed E-state index contributed by atoms with van der Waals surface area (Å²) in [7, 11) is 1.60. The van der Waals surface area contributed by atoms with Gasteiger partial charge in [0.1, 0.15) is 5.75 Å². The molecule has 3 N–H and O–H groups in total. The molecule has 0 aromatic heterocycles. The SMILES string of the molecule is COc1ccc(Cl)cc1CNC(=O)CN1C[C@@H](N)[C@H](c2ccccc2)C1. The van der Waals surface area contributed by atoms with Crippen molar-refractivity contribution in [2.75, 3.05) is 26.7 Å². The van der Waals surface area contributed by atoms with Gasteiger partial charge in [0.15, 0.2) is 0 Å². The van der Waals surface area contributed by atoms with Crippen LogP contribution in [0.4, 0.5) is 0 Å². The van der Waals surface area contributed by atoms with Gasteiger partial charge in [-0.25, -0.2) is 0 Å². The summed E-state index contributed by atoms with van der Waals surface area (Å²) in [6.45, 7) is 2.22. The van der Waals surface area contributed by atoms with Crippen LogP contribution in [0.1, 0.15) is 17.0 Å². The maximum absolute atomic E-state index is 12.3. The molecule has 1 amide bonds. The number of amides is 1. The third-order valence-corrected chi connectivity index (χ3v) is 4.99. The molecule has 2 aromatic rings. The topological polar surface area (TPSA) is 67.6 Å². The van der Waals surface area contributed by atoms with Crippen LogP contribution in [0.25, 0.3) is 0 Å². The number of hydrogen-bond acceptors (Lipinski definition) is 4. The summed E-state index contributed by atoms with van der Waals surface area (Å²) in [6, 6.07) is 15.6. The van der Waals surface area contributed by atoms with Gasteiger partial charge in [0, 0.05) is 42.2 Å². The molecule has 0 radical (unpaired) electrons. The van der Waals surface area contributed by atoms with Crippen molar-refractivity contribution in [3.8, 4) is 5.75 Å². The molecule has 0 spiro atoms. The number of nitrogens with two attached hydrogens (primary N) is 1. The van der Waals surface area contributed by atoms with Crippen LogP contribution in [0.3, 0.4) is 0 Å². The fourth-order valence-electron chi connectivity index (χ4n) is 3.43. The second-order valence-electron chi connectivity index (χ2n) is 6.61. The molecule has 5 nitrogen and oxygen atoms in total. The van der Waals surface area contributed by atoms with E-state index in [9.17, 15) is 4.79 Å². The molecule has 1 heterocycles. The molecule has 6 heteroatoms. The Kier molecular flexibility index (Phi) is 6.14. The van der Waals surface area contributed by atoms with Crippen molar-refractivity contribution in [3.05, 3.63) is 64.7 Å². The number of hydrogen-bond donors (Lipinski definition) is 2. The average Bonchev–Trinajstić information content (AvgIpc) is 3.01. The van der Waals surface area contributed by atoms with Crippen molar-refractivity contribution in [1.29, 1.82) is 0 Å². The number of ether oxygens (including phenoxy) is 1. The van der Waals surface area contributed by atoms with Gasteiger partial charge in [0.25, 0.3) is 0 Å². The summed E-state index contributed by atoms with van der Waals surface area (Å²) >= 11 is 6.03. The van der Waals surface area contributed by atoms with E-state index in [2.05, 4.69) is 22.3 Å². The standard InChI is InChI=1S/C20H24ClN3O2/c1-26-19-8-7-16(21)9-15(19)10-23-20(25)13-24-11-17(18(22)12-24)14-5-3-2-4-6-14/h2-9,17-18H,10-13,22H2,1H3,(H,23,25)/t17-,18+/m0/s1. The summed E-state index contributed by atoms with van der Waals surface area (Å²) < 4.78 is 5.31. The molecule has 26 heavy (non-hydrogen) atoms. The molecule has 1 saturated heterocycles. The van der Waals surface area contributed by atoms with Gasteiger partial charge >= 0.3 is 0 Å². The first kappa shape index (κ1) is 18.7. The van der Waals surface area contributed by atoms with Gasteiger partial charge in [-0.2, -0.15) is 0 Å². The lowest BCUT2D eigenvalue weighted by Gasteiger charge is -2.16. The molecule has 1 aliphatic heterocycles. The molecule has 0 saturated carbocycles. The molecular formula is C20H24ClN3O2. The van der Waals surface area contributed by atoms with E-state index >= 15 is 0 Å². The largest absolute Gasteiger partial charge is 0.496 e. The van der Waals surface area contributed by atoms with Crippen molar-refractivity contribution < 1.29 is 9.53 Å². The minimum Gasteiger partial charge on any atom is -0.496 e. The number of halogens is 1. The van der Waals surface area contributed by atoms with Gasteiger partial charge in [-0.05, 0) is 23.8 Å². The number of nitrogens with one attached hydrogen (secondary N) is 1. The van der Waals surface area contributed by atoms with Gasteiger partial charge in [-0.15, -0.1) is 0 Å². The highest BCUT2D eigenvalue weighted by Gasteiger charge is 2.31. The molecule has 138 valence electrons. The Bertz CT molecular complexity index is 754. The molecule has 2 atom stereocenters. The number of rotatable bonds is 6. The van der Waals surface area contributed by atoms with Gasteiger partial charge in [0.2, 0.25) is 5.91 Å². The number of methoxy groups -OCH3 is 1. The lowest BCUT2D eigenvalue weighted by atomic mass is 9.95. The maximum atomic E-state index is 12.3. The molecule has 1 fully saturated rings. The quantitative estimate of drug-likeness (QED) is 0.815. The Morgan fingerprint density at radius 3 is 2.77 bits per heavy atom. The Morgan fingerprint density at radius 2 is 2.04 bits per heavy atom. The van der Waals surface area contributed by atoms with E-state index in [0.717, 1.165) is 12.1 Å². The highest BCUT2D eigenvalue weighted by molar-refractivity contribution is 6.30. The maximum Gasteiger partial charge on any atom is 0.234 e. The Labute approximate surface area is 159 Å². The minimum atomic E-state index is -0.0343. The van der Waals surface area contributed by atoms with Gasteiger partial charge < -0.3 is 15.8 Å². The summed E-state index contributed by atoms with van der Waals surface area (Å²) in [5, 5.41) is 3.55. The van der Waals surface area contributed by atoms with E-state index in [4.69, 9.17) is 22.1 Å². The number of benzene rings is 2. The van der Waals surface area contributed by atoms with Crippen molar-refractivity contribution >= 4 is 17.5 Å². The number of carbonyl (C=O) groups is 1. The third kappa shape index (κ3) is 4.55. The predicted octanol–water partition coefficient (Wildman–Crippen LogP) is 2.39. The summed E-state index contributed by atoms with van der Waals surface area (Å²) in [5.74, 6) is 0.937. The molecule has 0 aliphatic carbocycles. The second kappa shape index (κ2) is 8.54. The van der Waals surface area contributed by atoms with Crippen LogP contribution in [-0.2, 0) is 11.3 Å². The van der Waals surface area contributed by atoms with E-state index < -0.39 is 0 Å². The fraction of sp³-hybridized carbons (Fsp3) is 0.350. The zero-order valence-corrected chi connectivity index (χ0v) is 15.6. The fourth-order valence-corrected chi connectivity index (χ4v) is 3.63. The minimum absolute atomic E-state index is 0.0343. The van der Waals surface area contributed by atoms with Crippen LogP contribution in [-0.4, -0.2) is 43.6 Å². The predicted molar refractivity (Wildman–Crippen MR) is 103 cm³/mol. The molecule has 0 unspecified atom stereocenters. The smallest absolute Gasteiger partial charge is 0.234 e. The lowest BCUT2D eigenvalue weighted by Crippen LogP contribution is -2.37. The number of nitrogens with zero attached hydrogens (tertiary/aromatic N) is 1. The van der Waals surface area contributed by atoms with Crippen molar-refractivity contribution in [1.82, 2.24) is 10.2 Å². The zero-order chi connectivity index (χ0) is 18.5. The van der Waals surface area contributed by atoms with Crippen LogP contribution < -0.4 is 15.8 Å².